The third-order valence-electron chi connectivity index (χ3n) is 6.92. The van der Waals surface area contributed by atoms with Gasteiger partial charge in [-0.3, -0.25) is 9.78 Å². The first-order chi connectivity index (χ1) is 16.7. The quantitative estimate of drug-likeness (QED) is 0.345. The Labute approximate surface area is 201 Å². The molecular formula is C27H27F2N3O3. The first-order valence-corrected chi connectivity index (χ1v) is 11.8. The summed E-state index contributed by atoms with van der Waals surface area (Å²) in [5.41, 5.74) is 6.71. The molecule has 0 atom stereocenters. The zero-order chi connectivity index (χ0) is 24.7. The van der Waals surface area contributed by atoms with E-state index < -0.39 is 11.9 Å². The van der Waals surface area contributed by atoms with E-state index in [0.717, 1.165) is 39.0 Å². The van der Waals surface area contributed by atoms with Crippen molar-refractivity contribution >= 4 is 17.0 Å². The second-order valence-electron chi connectivity index (χ2n) is 9.56. The molecule has 0 spiro atoms. The van der Waals surface area contributed by atoms with Crippen LogP contribution < -0.4 is 0 Å². The van der Waals surface area contributed by atoms with Gasteiger partial charge in [0.1, 0.15) is 5.76 Å². The first-order valence-electron chi connectivity index (χ1n) is 11.8. The maximum atomic E-state index is 13.7. The molecule has 0 aliphatic heterocycles. The summed E-state index contributed by atoms with van der Waals surface area (Å²) in [7, 11) is 0. The van der Waals surface area contributed by atoms with E-state index in [2.05, 4.69) is 15.8 Å². The fourth-order valence-electron chi connectivity index (χ4n) is 5.14. The van der Waals surface area contributed by atoms with Gasteiger partial charge in [0.15, 0.2) is 0 Å². The van der Waals surface area contributed by atoms with Crippen molar-refractivity contribution in [3.63, 3.8) is 0 Å². The number of carboxylic acids is 1. The fraction of sp³-hybridized carbons (Fsp3) is 0.370. The molecule has 182 valence electrons. The Kier molecular flexibility index (Phi) is 5.91. The SMILES string of the molecule is Cc1noc(C)c1-c1cnc2c(-c3cccc(CC(=O)O)c3)cn(CC3CCC(F)(F)CC3)c2c1. The summed E-state index contributed by atoms with van der Waals surface area (Å²) in [6.45, 7) is 4.37. The lowest BCUT2D eigenvalue weighted by Gasteiger charge is -2.28. The highest BCUT2D eigenvalue weighted by Crippen LogP contribution is 2.39. The summed E-state index contributed by atoms with van der Waals surface area (Å²) in [5, 5.41) is 13.3. The summed E-state index contributed by atoms with van der Waals surface area (Å²) in [6, 6.07) is 9.50. The van der Waals surface area contributed by atoms with Gasteiger partial charge in [0.05, 0.1) is 23.1 Å². The number of rotatable bonds is 6. The highest BCUT2D eigenvalue weighted by atomic mass is 19.3. The van der Waals surface area contributed by atoms with Gasteiger partial charge in [-0.05, 0) is 49.8 Å². The number of hydrogen-bond donors (Lipinski definition) is 1. The van der Waals surface area contributed by atoms with Crippen LogP contribution in [-0.4, -0.2) is 31.7 Å². The van der Waals surface area contributed by atoms with Crippen LogP contribution in [0.15, 0.2) is 47.2 Å². The molecule has 0 radical (unpaired) electrons. The Hall–Kier alpha value is -3.55. The third kappa shape index (κ3) is 4.70. The molecule has 1 aromatic carbocycles. The van der Waals surface area contributed by atoms with E-state index in [1.165, 1.54) is 0 Å². The van der Waals surface area contributed by atoms with Crippen molar-refractivity contribution in [2.45, 2.75) is 58.4 Å². The molecule has 0 bridgehead atoms. The number of halogens is 2. The van der Waals surface area contributed by atoms with Crippen LogP contribution in [0, 0.1) is 19.8 Å². The average molecular weight is 480 g/mol. The zero-order valence-electron chi connectivity index (χ0n) is 19.7. The predicted octanol–water partition coefficient (Wildman–Crippen LogP) is 6.43. The molecule has 3 aromatic heterocycles. The largest absolute Gasteiger partial charge is 0.481 e. The van der Waals surface area contributed by atoms with Crippen LogP contribution in [0.1, 0.15) is 42.7 Å². The minimum Gasteiger partial charge on any atom is -0.481 e. The monoisotopic (exact) mass is 479 g/mol. The van der Waals surface area contributed by atoms with Gasteiger partial charge in [0.2, 0.25) is 5.92 Å². The smallest absolute Gasteiger partial charge is 0.307 e. The number of fused-ring (bicyclic) bond motifs is 1. The van der Waals surface area contributed by atoms with Gasteiger partial charge in [0, 0.05) is 48.5 Å². The molecule has 3 heterocycles. The van der Waals surface area contributed by atoms with Gasteiger partial charge in [-0.2, -0.15) is 0 Å². The fourth-order valence-corrected chi connectivity index (χ4v) is 5.14. The molecule has 0 amide bonds. The number of nitrogens with zero attached hydrogens (tertiary/aromatic N) is 3. The van der Waals surface area contributed by atoms with Crippen molar-refractivity contribution in [3.8, 4) is 22.3 Å². The van der Waals surface area contributed by atoms with Gasteiger partial charge < -0.3 is 14.2 Å². The Morgan fingerprint density at radius 1 is 1.20 bits per heavy atom. The molecule has 0 unspecified atom stereocenters. The van der Waals surface area contributed by atoms with Crippen molar-refractivity contribution in [1.29, 1.82) is 0 Å². The number of pyridine rings is 1. The number of aliphatic carboxylic acids is 1. The van der Waals surface area contributed by atoms with Crippen molar-refractivity contribution in [2.75, 3.05) is 0 Å². The van der Waals surface area contributed by atoms with Crippen molar-refractivity contribution in [3.05, 3.63) is 59.7 Å². The summed E-state index contributed by atoms with van der Waals surface area (Å²) >= 11 is 0. The van der Waals surface area contributed by atoms with Crippen molar-refractivity contribution in [2.24, 2.45) is 5.92 Å². The van der Waals surface area contributed by atoms with Crippen LogP contribution in [0.2, 0.25) is 0 Å². The molecule has 4 aromatic rings. The second-order valence-corrected chi connectivity index (χ2v) is 9.56. The number of alkyl halides is 2. The molecule has 0 saturated heterocycles. The van der Waals surface area contributed by atoms with E-state index in [0.29, 0.717) is 30.7 Å². The van der Waals surface area contributed by atoms with E-state index in [1.807, 2.05) is 38.2 Å². The number of aromatic nitrogens is 3. The Balaban J connectivity index is 1.60. The molecule has 1 aliphatic rings. The molecule has 8 heteroatoms. The van der Waals surface area contributed by atoms with E-state index >= 15 is 0 Å². The Morgan fingerprint density at radius 3 is 2.66 bits per heavy atom. The zero-order valence-corrected chi connectivity index (χ0v) is 19.7. The van der Waals surface area contributed by atoms with Gasteiger partial charge in [-0.15, -0.1) is 0 Å². The van der Waals surface area contributed by atoms with E-state index in [-0.39, 0.29) is 25.2 Å². The van der Waals surface area contributed by atoms with Gasteiger partial charge in [-0.1, -0.05) is 29.4 Å². The highest BCUT2D eigenvalue weighted by Gasteiger charge is 2.35. The van der Waals surface area contributed by atoms with E-state index in [9.17, 15) is 18.7 Å². The minimum atomic E-state index is -2.57. The van der Waals surface area contributed by atoms with Crippen LogP contribution in [-0.2, 0) is 17.8 Å². The van der Waals surface area contributed by atoms with E-state index in [4.69, 9.17) is 9.51 Å². The van der Waals surface area contributed by atoms with Crippen LogP contribution in [0.4, 0.5) is 8.78 Å². The number of aryl methyl sites for hydroxylation is 2. The maximum Gasteiger partial charge on any atom is 0.307 e. The summed E-state index contributed by atoms with van der Waals surface area (Å²) in [5.74, 6) is -2.60. The van der Waals surface area contributed by atoms with Crippen molar-refractivity contribution in [1.82, 2.24) is 14.7 Å². The molecule has 35 heavy (non-hydrogen) atoms. The minimum absolute atomic E-state index is 0.0631. The molecule has 1 saturated carbocycles. The first kappa shape index (κ1) is 23.2. The van der Waals surface area contributed by atoms with Crippen molar-refractivity contribution < 1.29 is 23.2 Å². The van der Waals surface area contributed by atoms with Crippen LogP contribution in [0.3, 0.4) is 0 Å². The van der Waals surface area contributed by atoms with E-state index in [1.54, 1.807) is 12.3 Å². The normalized spacial score (nSPS) is 16.1. The lowest BCUT2D eigenvalue weighted by molar-refractivity contribution is -0.136. The van der Waals surface area contributed by atoms with Crippen LogP contribution >= 0.6 is 0 Å². The standard InChI is InChI=1S/C27H27F2N3O3/c1-16-25(17(2)35-31-16)21-12-23-26(30-13-21)22(20-5-3-4-19(10-20)11-24(33)34)15-32(23)14-18-6-8-27(28,29)9-7-18/h3-5,10,12-13,15,18H,6-9,11,14H2,1-2H3,(H,33,34). The van der Waals surface area contributed by atoms with Gasteiger partial charge in [0.25, 0.3) is 0 Å². The topological polar surface area (TPSA) is 81.2 Å². The summed E-state index contributed by atoms with van der Waals surface area (Å²) < 4.78 is 34.9. The lowest BCUT2D eigenvalue weighted by atomic mass is 9.87. The second kappa shape index (κ2) is 8.91. The summed E-state index contributed by atoms with van der Waals surface area (Å²) in [4.78, 5) is 16.0. The third-order valence-corrected chi connectivity index (χ3v) is 6.92. The number of carbonyl (C=O) groups is 1. The molecule has 1 N–H and O–H groups in total. The average Bonchev–Trinajstić information content (AvgIpc) is 3.34. The van der Waals surface area contributed by atoms with Crippen LogP contribution in [0.5, 0.6) is 0 Å². The lowest BCUT2D eigenvalue weighted by Crippen LogP contribution is -2.26. The number of benzene rings is 1. The maximum absolute atomic E-state index is 13.7. The molecule has 5 rings (SSSR count). The molecule has 6 nitrogen and oxygen atoms in total. The summed E-state index contributed by atoms with van der Waals surface area (Å²) in [6.07, 6.45) is 4.55. The molecule has 1 aliphatic carbocycles. The van der Waals surface area contributed by atoms with Crippen LogP contribution in [0.25, 0.3) is 33.3 Å². The number of hydrogen-bond acceptors (Lipinski definition) is 4. The highest BCUT2D eigenvalue weighted by molar-refractivity contribution is 5.95. The predicted molar refractivity (Wildman–Crippen MR) is 128 cm³/mol. The Bertz CT molecular complexity index is 1380. The van der Waals surface area contributed by atoms with Gasteiger partial charge >= 0.3 is 5.97 Å². The molecular weight excluding hydrogens is 452 g/mol. The van der Waals surface area contributed by atoms with Gasteiger partial charge in [-0.25, -0.2) is 8.78 Å². The number of carboxylic acid groups (broad SMARTS) is 1. The Morgan fingerprint density at radius 2 is 1.97 bits per heavy atom. The molecule has 1 fully saturated rings.